The highest BCUT2D eigenvalue weighted by atomic mass is 32.2. The average molecular weight is 377 g/mol. The highest BCUT2D eigenvalue weighted by molar-refractivity contribution is 8.04. The van der Waals surface area contributed by atoms with Gasteiger partial charge in [0.25, 0.3) is 0 Å². The molecule has 3 atom stereocenters. The van der Waals surface area contributed by atoms with Crippen LogP contribution in [0.4, 0.5) is 0 Å². The van der Waals surface area contributed by atoms with Crippen molar-refractivity contribution in [2.24, 2.45) is 5.92 Å². The molecule has 0 radical (unpaired) electrons. The van der Waals surface area contributed by atoms with E-state index < -0.39 is 29.0 Å². The van der Waals surface area contributed by atoms with Gasteiger partial charge in [0.15, 0.2) is 0 Å². The van der Waals surface area contributed by atoms with Crippen LogP contribution in [0.25, 0.3) is 0 Å². The minimum atomic E-state index is -0.800. The zero-order valence-electron chi connectivity index (χ0n) is 15.3. The molecule has 140 valence electrons. The number of hydrogen-bond donors (Lipinski definition) is 0. The molecule has 0 aliphatic carbocycles. The summed E-state index contributed by atoms with van der Waals surface area (Å²) in [7, 11) is 2.59. The minimum Gasteiger partial charge on any atom is -0.469 e. The normalized spacial score (nSPS) is 22.2. The van der Waals surface area contributed by atoms with Gasteiger partial charge in [0.05, 0.1) is 25.2 Å². The van der Waals surface area contributed by atoms with Crippen LogP contribution in [0.2, 0.25) is 0 Å². The molecule has 1 heterocycles. The summed E-state index contributed by atoms with van der Waals surface area (Å²) >= 11 is 1.17. The number of rotatable bonds is 5. The van der Waals surface area contributed by atoms with Gasteiger partial charge in [0, 0.05) is 19.4 Å². The second kappa shape index (κ2) is 8.89. The molecular weight excluding hydrogens is 354 g/mol. The number of allylic oxidation sites excluding steroid dienone is 1. The van der Waals surface area contributed by atoms with Crippen LogP contribution in [0.3, 0.4) is 0 Å². The van der Waals surface area contributed by atoms with Gasteiger partial charge in [-0.3, -0.25) is 14.4 Å². The van der Waals surface area contributed by atoms with E-state index in [1.807, 2.05) is 43.3 Å². The third-order valence-electron chi connectivity index (χ3n) is 4.34. The average Bonchev–Trinajstić information content (AvgIpc) is 2.67. The van der Waals surface area contributed by atoms with Gasteiger partial charge < -0.3 is 14.4 Å². The fourth-order valence-electron chi connectivity index (χ4n) is 3.07. The Kier molecular flexibility index (Phi) is 6.85. The van der Waals surface area contributed by atoms with Crippen molar-refractivity contribution >= 4 is 29.6 Å². The first-order valence-electron chi connectivity index (χ1n) is 8.31. The van der Waals surface area contributed by atoms with Gasteiger partial charge >= 0.3 is 11.9 Å². The summed E-state index contributed by atoms with van der Waals surface area (Å²) in [4.78, 5) is 38.5. The fraction of sp³-hybridized carbons (Fsp3) is 0.421. The van der Waals surface area contributed by atoms with Crippen LogP contribution in [0.1, 0.15) is 25.3 Å². The number of esters is 2. The van der Waals surface area contributed by atoms with E-state index in [0.717, 1.165) is 5.56 Å². The highest BCUT2D eigenvalue weighted by Crippen LogP contribution is 2.45. The van der Waals surface area contributed by atoms with Crippen molar-refractivity contribution in [1.29, 1.82) is 0 Å². The molecule has 1 aromatic rings. The van der Waals surface area contributed by atoms with Crippen molar-refractivity contribution in [1.82, 2.24) is 4.90 Å². The lowest BCUT2D eigenvalue weighted by atomic mass is 9.83. The molecule has 0 spiro atoms. The summed E-state index contributed by atoms with van der Waals surface area (Å²) < 4.78 is 9.89. The van der Waals surface area contributed by atoms with E-state index in [4.69, 9.17) is 9.47 Å². The van der Waals surface area contributed by atoms with Crippen LogP contribution >= 0.6 is 11.8 Å². The Morgan fingerprint density at radius 2 is 1.69 bits per heavy atom. The molecule has 1 aliphatic rings. The number of thioether (sulfide) groups is 1. The molecule has 0 saturated heterocycles. The number of benzene rings is 1. The molecule has 0 bridgehead atoms. The van der Waals surface area contributed by atoms with Gasteiger partial charge in [-0.2, -0.15) is 0 Å². The van der Waals surface area contributed by atoms with E-state index >= 15 is 0 Å². The predicted molar refractivity (Wildman–Crippen MR) is 99.2 cm³/mol. The van der Waals surface area contributed by atoms with E-state index in [9.17, 15) is 14.4 Å². The Bertz CT molecular complexity index is 703. The van der Waals surface area contributed by atoms with E-state index in [1.54, 1.807) is 4.90 Å². The Morgan fingerprint density at radius 3 is 2.19 bits per heavy atom. The van der Waals surface area contributed by atoms with Gasteiger partial charge in [-0.15, -0.1) is 0 Å². The van der Waals surface area contributed by atoms with Crippen molar-refractivity contribution in [3.63, 3.8) is 0 Å². The molecular formula is C19H23NO5S. The molecule has 0 unspecified atom stereocenters. The zero-order chi connectivity index (χ0) is 19.3. The SMILES string of the molecule is CCN(C(C)=O)C1=C[C@@H](c2ccccc2)[C@H](C(=O)OC)[C@@H](C(=O)OC)S1. The molecule has 1 aliphatic heterocycles. The van der Waals surface area contributed by atoms with Crippen molar-refractivity contribution in [2.75, 3.05) is 20.8 Å². The van der Waals surface area contributed by atoms with Gasteiger partial charge in [-0.25, -0.2) is 0 Å². The quantitative estimate of drug-likeness (QED) is 0.735. The van der Waals surface area contributed by atoms with Gasteiger partial charge in [0.2, 0.25) is 5.91 Å². The summed E-state index contributed by atoms with van der Waals surface area (Å²) in [6.45, 7) is 3.80. The monoisotopic (exact) mass is 377 g/mol. The number of nitrogens with zero attached hydrogens (tertiary/aromatic N) is 1. The molecule has 2 rings (SSSR count). The molecule has 1 aromatic carbocycles. The maximum atomic E-state index is 12.5. The van der Waals surface area contributed by atoms with Crippen molar-refractivity contribution in [2.45, 2.75) is 25.0 Å². The van der Waals surface area contributed by atoms with Crippen LogP contribution in [0.5, 0.6) is 0 Å². The van der Waals surface area contributed by atoms with E-state index in [2.05, 4.69) is 0 Å². The summed E-state index contributed by atoms with van der Waals surface area (Å²) in [6, 6.07) is 9.40. The number of hydrogen-bond acceptors (Lipinski definition) is 6. The standard InChI is InChI=1S/C19H23NO5S/c1-5-20(12(2)21)15-11-14(13-9-7-6-8-10-13)16(18(22)24-3)17(26-15)19(23)25-4/h6-11,14,16-17H,5H2,1-4H3/t14-,16-,17-/m0/s1. The van der Waals surface area contributed by atoms with Gasteiger partial charge in [-0.05, 0) is 18.6 Å². The Labute approximate surface area is 157 Å². The first kappa shape index (κ1) is 20.0. The topological polar surface area (TPSA) is 72.9 Å². The second-order valence-electron chi connectivity index (χ2n) is 5.82. The summed E-state index contributed by atoms with van der Waals surface area (Å²) in [5.74, 6) is -2.27. The van der Waals surface area contributed by atoms with Crippen LogP contribution in [-0.4, -0.2) is 48.8 Å². The van der Waals surface area contributed by atoms with Gasteiger partial charge in [-0.1, -0.05) is 42.1 Å². The third kappa shape index (κ3) is 4.09. The Balaban J connectivity index is 2.59. The number of carbonyl (C=O) groups is 3. The molecule has 0 saturated carbocycles. The number of amides is 1. The van der Waals surface area contributed by atoms with Crippen LogP contribution in [-0.2, 0) is 23.9 Å². The van der Waals surface area contributed by atoms with Crippen LogP contribution < -0.4 is 0 Å². The fourth-order valence-corrected chi connectivity index (χ4v) is 4.56. The first-order chi connectivity index (χ1) is 12.4. The lowest BCUT2D eigenvalue weighted by molar-refractivity contribution is -0.151. The van der Waals surface area contributed by atoms with Gasteiger partial charge in [0.1, 0.15) is 5.25 Å². The van der Waals surface area contributed by atoms with E-state index in [0.29, 0.717) is 11.6 Å². The molecule has 26 heavy (non-hydrogen) atoms. The highest BCUT2D eigenvalue weighted by Gasteiger charge is 2.46. The molecule has 6 nitrogen and oxygen atoms in total. The lowest BCUT2D eigenvalue weighted by Crippen LogP contribution is -2.42. The van der Waals surface area contributed by atoms with Crippen LogP contribution in [0, 0.1) is 5.92 Å². The lowest BCUT2D eigenvalue weighted by Gasteiger charge is -2.36. The smallest absolute Gasteiger partial charge is 0.320 e. The zero-order valence-corrected chi connectivity index (χ0v) is 16.1. The number of ether oxygens (including phenoxy) is 2. The minimum absolute atomic E-state index is 0.127. The maximum Gasteiger partial charge on any atom is 0.320 e. The maximum absolute atomic E-state index is 12.5. The van der Waals surface area contributed by atoms with Crippen molar-refractivity contribution < 1.29 is 23.9 Å². The second-order valence-corrected chi connectivity index (χ2v) is 6.98. The predicted octanol–water partition coefficient (Wildman–Crippen LogP) is 2.56. The summed E-state index contributed by atoms with van der Waals surface area (Å²) in [5.41, 5.74) is 0.870. The molecule has 0 fully saturated rings. The number of carbonyl (C=O) groups excluding carboxylic acids is 3. The molecule has 7 heteroatoms. The molecule has 1 amide bonds. The summed E-state index contributed by atoms with van der Waals surface area (Å²) in [6.07, 6.45) is 1.87. The summed E-state index contributed by atoms with van der Waals surface area (Å²) in [5, 5.41) is -0.157. The largest absolute Gasteiger partial charge is 0.469 e. The van der Waals surface area contributed by atoms with Crippen LogP contribution in [0.15, 0.2) is 41.4 Å². The van der Waals surface area contributed by atoms with E-state index in [1.165, 1.54) is 32.9 Å². The molecule has 0 aromatic heterocycles. The Hall–Kier alpha value is -2.28. The number of methoxy groups -OCH3 is 2. The third-order valence-corrected chi connectivity index (χ3v) is 5.67. The van der Waals surface area contributed by atoms with Crippen molar-refractivity contribution in [3.05, 3.63) is 47.0 Å². The first-order valence-corrected chi connectivity index (χ1v) is 9.19. The molecule has 0 N–H and O–H groups in total. The van der Waals surface area contributed by atoms with E-state index in [-0.39, 0.29) is 5.91 Å². The Morgan fingerprint density at radius 1 is 1.08 bits per heavy atom. The van der Waals surface area contributed by atoms with Crippen molar-refractivity contribution in [3.8, 4) is 0 Å².